The lowest BCUT2D eigenvalue weighted by atomic mass is 10.1. The molecule has 2 aromatic heterocycles. The molecule has 0 saturated carbocycles. The number of rotatable bonds is 5. The van der Waals surface area contributed by atoms with Gasteiger partial charge in [0, 0.05) is 13.2 Å². The lowest BCUT2D eigenvalue weighted by molar-refractivity contribution is 0.000907. The quantitative estimate of drug-likeness (QED) is 0.712. The lowest BCUT2D eigenvalue weighted by Gasteiger charge is -2.20. The van der Waals surface area contributed by atoms with Crippen LogP contribution < -0.4 is 0 Å². The highest BCUT2D eigenvalue weighted by Gasteiger charge is 2.19. The summed E-state index contributed by atoms with van der Waals surface area (Å²) in [5.41, 5.74) is 2.74. The Morgan fingerprint density at radius 2 is 2.00 bits per heavy atom. The van der Waals surface area contributed by atoms with Gasteiger partial charge in [0.25, 0.3) is 0 Å². The Kier molecular flexibility index (Phi) is 4.32. The monoisotopic (exact) mass is 327 g/mol. The molecule has 6 nitrogen and oxygen atoms in total. The van der Waals surface area contributed by atoms with Gasteiger partial charge in [0.05, 0.1) is 6.54 Å². The molecule has 126 valence electrons. The molecular weight excluding hydrogens is 306 g/mol. The third-order valence-electron chi connectivity index (χ3n) is 4.38. The topological polar surface area (TPSA) is 64.5 Å². The van der Waals surface area contributed by atoms with E-state index in [0.717, 1.165) is 55.1 Å². The minimum absolute atomic E-state index is 0.125. The first-order valence-corrected chi connectivity index (χ1v) is 8.38. The van der Waals surface area contributed by atoms with Gasteiger partial charge in [0.15, 0.2) is 0 Å². The van der Waals surface area contributed by atoms with Crippen molar-refractivity contribution in [1.82, 2.24) is 15.2 Å². The van der Waals surface area contributed by atoms with Crippen molar-refractivity contribution in [3.8, 4) is 0 Å². The fourth-order valence-electron chi connectivity index (χ4n) is 3.18. The van der Waals surface area contributed by atoms with Gasteiger partial charge < -0.3 is 9.15 Å². The van der Waals surface area contributed by atoms with Crippen LogP contribution in [0.4, 0.5) is 0 Å². The van der Waals surface area contributed by atoms with Gasteiger partial charge in [-0.2, -0.15) is 0 Å². The summed E-state index contributed by atoms with van der Waals surface area (Å²) in [6.07, 6.45) is 3.53. The molecule has 0 aliphatic carbocycles. The molecule has 4 rings (SSSR count). The Labute approximate surface area is 140 Å². The molecule has 1 aliphatic rings. The van der Waals surface area contributed by atoms with Crippen LogP contribution in [0.5, 0.6) is 0 Å². The maximum Gasteiger partial charge on any atom is 0.135 e. The second-order valence-electron chi connectivity index (χ2n) is 6.42. The Hall–Kier alpha value is -2.18. The van der Waals surface area contributed by atoms with Crippen LogP contribution >= 0.6 is 0 Å². The third kappa shape index (κ3) is 3.34. The van der Waals surface area contributed by atoms with Gasteiger partial charge >= 0.3 is 0 Å². The highest BCUT2D eigenvalue weighted by Crippen LogP contribution is 2.29. The largest absolute Gasteiger partial charge is 0.462 e. The summed E-state index contributed by atoms with van der Waals surface area (Å²) < 4.78 is 16.5. The molecular formula is C18H21N3O3. The Morgan fingerprint density at radius 3 is 2.88 bits per heavy atom. The van der Waals surface area contributed by atoms with Crippen LogP contribution in [0.15, 0.2) is 39.4 Å². The van der Waals surface area contributed by atoms with Crippen molar-refractivity contribution < 1.29 is 13.8 Å². The van der Waals surface area contributed by atoms with Crippen molar-refractivity contribution >= 4 is 11.0 Å². The molecule has 0 amide bonds. The summed E-state index contributed by atoms with van der Waals surface area (Å²) in [7, 11) is 2.07. The Morgan fingerprint density at radius 1 is 1.08 bits per heavy atom. The van der Waals surface area contributed by atoms with Gasteiger partial charge in [-0.25, -0.2) is 4.63 Å². The number of hydrogen-bond acceptors (Lipinski definition) is 6. The van der Waals surface area contributed by atoms with Crippen molar-refractivity contribution in [2.24, 2.45) is 0 Å². The van der Waals surface area contributed by atoms with Crippen molar-refractivity contribution in [1.29, 1.82) is 0 Å². The van der Waals surface area contributed by atoms with Crippen LogP contribution in [0.1, 0.15) is 42.5 Å². The van der Waals surface area contributed by atoms with Crippen LogP contribution in [-0.2, 0) is 17.8 Å². The first-order valence-electron chi connectivity index (χ1n) is 8.38. The third-order valence-corrected chi connectivity index (χ3v) is 4.38. The van der Waals surface area contributed by atoms with E-state index in [-0.39, 0.29) is 6.10 Å². The summed E-state index contributed by atoms with van der Waals surface area (Å²) in [4.78, 5) is 2.21. The molecule has 1 aromatic carbocycles. The first kappa shape index (κ1) is 15.4. The van der Waals surface area contributed by atoms with Gasteiger partial charge in [0.1, 0.15) is 28.7 Å². The van der Waals surface area contributed by atoms with Gasteiger partial charge in [-0.15, -0.1) is 0 Å². The van der Waals surface area contributed by atoms with Crippen molar-refractivity contribution in [3.63, 3.8) is 0 Å². The predicted octanol–water partition coefficient (Wildman–Crippen LogP) is 3.69. The van der Waals surface area contributed by atoms with Crippen LogP contribution in [0.3, 0.4) is 0 Å². The van der Waals surface area contributed by atoms with E-state index in [1.807, 2.05) is 24.3 Å². The number of benzene rings is 1. The van der Waals surface area contributed by atoms with Crippen LogP contribution in [0.25, 0.3) is 11.0 Å². The van der Waals surface area contributed by atoms with Crippen LogP contribution in [-0.4, -0.2) is 28.9 Å². The SMILES string of the molecule is CN(Cc1ccc2nonc2c1)Cc1ccc([C@@H]2CCCCO2)o1. The van der Waals surface area contributed by atoms with Crippen LogP contribution in [0.2, 0.25) is 0 Å². The molecule has 3 aromatic rings. The average Bonchev–Trinajstić information content (AvgIpc) is 3.24. The molecule has 1 aliphatic heterocycles. The highest BCUT2D eigenvalue weighted by atomic mass is 16.6. The maximum atomic E-state index is 5.99. The Balaban J connectivity index is 1.38. The average molecular weight is 327 g/mol. The van der Waals surface area contributed by atoms with Gasteiger partial charge in [0.2, 0.25) is 0 Å². The first-order chi connectivity index (χ1) is 11.8. The smallest absolute Gasteiger partial charge is 0.135 e. The highest BCUT2D eigenvalue weighted by molar-refractivity contribution is 5.73. The number of furan rings is 1. The van der Waals surface area contributed by atoms with E-state index in [9.17, 15) is 0 Å². The lowest BCUT2D eigenvalue weighted by Crippen LogP contribution is -2.16. The minimum Gasteiger partial charge on any atom is -0.462 e. The fraction of sp³-hybridized carbons (Fsp3) is 0.444. The van der Waals surface area contributed by atoms with Gasteiger partial charge in [-0.05, 0) is 66.5 Å². The minimum atomic E-state index is 0.125. The summed E-state index contributed by atoms with van der Waals surface area (Å²) in [5, 5.41) is 7.72. The zero-order chi connectivity index (χ0) is 16.4. The standard InChI is InChI=1S/C18H21N3O3/c1-21(11-13-5-7-15-16(10-13)20-24-19-15)12-14-6-8-18(23-14)17-4-2-3-9-22-17/h5-8,10,17H,2-4,9,11-12H2,1H3/t17-/m0/s1. The zero-order valence-corrected chi connectivity index (χ0v) is 13.8. The summed E-state index contributed by atoms with van der Waals surface area (Å²) >= 11 is 0. The van der Waals surface area contributed by atoms with Gasteiger partial charge in [-0.1, -0.05) is 6.07 Å². The number of nitrogens with zero attached hydrogens (tertiary/aromatic N) is 3. The molecule has 1 fully saturated rings. The predicted molar refractivity (Wildman–Crippen MR) is 88.2 cm³/mol. The van der Waals surface area contributed by atoms with Crippen molar-refractivity contribution in [2.75, 3.05) is 13.7 Å². The van der Waals surface area contributed by atoms with Crippen molar-refractivity contribution in [2.45, 2.75) is 38.5 Å². The molecule has 1 atom stereocenters. The van der Waals surface area contributed by atoms with E-state index >= 15 is 0 Å². The number of fused-ring (bicyclic) bond motifs is 1. The molecule has 6 heteroatoms. The molecule has 0 bridgehead atoms. The van der Waals surface area contributed by atoms with Gasteiger partial charge in [-0.3, -0.25) is 4.90 Å². The zero-order valence-electron chi connectivity index (χ0n) is 13.8. The van der Waals surface area contributed by atoms with E-state index in [4.69, 9.17) is 13.8 Å². The maximum absolute atomic E-state index is 5.99. The summed E-state index contributed by atoms with van der Waals surface area (Å²) in [6.45, 7) is 2.39. The number of ether oxygens (including phenoxy) is 1. The van der Waals surface area contributed by atoms with Crippen molar-refractivity contribution in [3.05, 3.63) is 47.4 Å². The number of hydrogen-bond donors (Lipinski definition) is 0. The molecule has 0 N–H and O–H groups in total. The van der Waals surface area contributed by atoms with E-state index < -0.39 is 0 Å². The van der Waals surface area contributed by atoms with E-state index in [1.165, 1.54) is 12.0 Å². The van der Waals surface area contributed by atoms with E-state index in [1.54, 1.807) is 0 Å². The normalized spacial score (nSPS) is 18.5. The molecule has 3 heterocycles. The fourth-order valence-corrected chi connectivity index (χ4v) is 3.18. The molecule has 0 unspecified atom stereocenters. The second kappa shape index (κ2) is 6.75. The second-order valence-corrected chi connectivity index (χ2v) is 6.42. The summed E-state index contributed by atoms with van der Waals surface area (Å²) in [5.74, 6) is 1.92. The van der Waals surface area contributed by atoms with E-state index in [0.29, 0.717) is 0 Å². The molecule has 0 radical (unpaired) electrons. The number of aromatic nitrogens is 2. The molecule has 24 heavy (non-hydrogen) atoms. The molecule has 1 saturated heterocycles. The Bertz CT molecular complexity index is 805. The summed E-state index contributed by atoms with van der Waals surface area (Å²) in [6, 6.07) is 10.1. The van der Waals surface area contributed by atoms with Crippen LogP contribution in [0, 0.1) is 0 Å². The molecule has 0 spiro atoms. The van der Waals surface area contributed by atoms with E-state index in [2.05, 4.69) is 28.3 Å².